The molecule has 0 radical (unpaired) electrons. The van der Waals surface area contributed by atoms with E-state index in [1.54, 1.807) is 6.92 Å². The lowest BCUT2D eigenvalue weighted by molar-refractivity contribution is -0.144. The molecule has 4 nitrogen and oxygen atoms in total. The maximum absolute atomic E-state index is 11.6. The smallest absolute Gasteiger partial charge is 0.328 e. The Morgan fingerprint density at radius 1 is 1.42 bits per heavy atom. The van der Waals surface area contributed by atoms with Crippen molar-refractivity contribution < 1.29 is 14.6 Å². The van der Waals surface area contributed by atoms with Gasteiger partial charge in [0, 0.05) is 0 Å². The highest BCUT2D eigenvalue weighted by molar-refractivity contribution is 5.80. The molecular formula is C15H21NO3. The van der Waals surface area contributed by atoms with Crippen LogP contribution in [0.4, 0.5) is 0 Å². The topological polar surface area (TPSA) is 58.6 Å². The number of benzene rings is 1. The summed E-state index contributed by atoms with van der Waals surface area (Å²) in [5.74, 6) is 0.555. The summed E-state index contributed by atoms with van der Waals surface area (Å²) in [6.07, 6.45) is 2.40. The zero-order chi connectivity index (χ0) is 13.9. The summed E-state index contributed by atoms with van der Waals surface area (Å²) in [5.41, 5.74) is -0.281. The molecule has 1 aromatic rings. The minimum atomic E-state index is -1.03. The van der Waals surface area contributed by atoms with Crippen LogP contribution in [0.25, 0.3) is 0 Å². The van der Waals surface area contributed by atoms with Crippen LogP contribution in [0.1, 0.15) is 32.3 Å². The number of hydrogen-bond acceptors (Lipinski definition) is 3. The van der Waals surface area contributed by atoms with E-state index in [1.165, 1.54) is 12.8 Å². The molecule has 4 heteroatoms. The van der Waals surface area contributed by atoms with E-state index >= 15 is 0 Å². The molecule has 1 aliphatic rings. The van der Waals surface area contributed by atoms with Crippen LogP contribution in [0.5, 0.6) is 5.75 Å². The standard InChI is InChI=1S/C15H21NO3/c1-3-19-13-8-6-12(7-9-13)15(2,14(17)18)16-10-11-4-5-11/h6-9,11,16H,3-5,10H2,1-2H3,(H,17,18). The van der Waals surface area contributed by atoms with Gasteiger partial charge in [-0.2, -0.15) is 0 Å². The van der Waals surface area contributed by atoms with Crippen molar-refractivity contribution in [1.82, 2.24) is 5.32 Å². The Bertz CT molecular complexity index is 439. The fraction of sp³-hybridized carbons (Fsp3) is 0.533. The van der Waals surface area contributed by atoms with Crippen LogP contribution in [0.3, 0.4) is 0 Å². The molecule has 1 fully saturated rings. The highest BCUT2D eigenvalue weighted by Crippen LogP contribution is 2.30. The fourth-order valence-corrected chi connectivity index (χ4v) is 2.02. The van der Waals surface area contributed by atoms with Gasteiger partial charge in [-0.15, -0.1) is 0 Å². The number of hydrogen-bond donors (Lipinski definition) is 2. The average Bonchev–Trinajstić information content (AvgIpc) is 3.21. The molecule has 0 spiro atoms. The first-order valence-electron chi connectivity index (χ1n) is 6.78. The minimum absolute atomic E-state index is 0.607. The molecule has 2 N–H and O–H groups in total. The quantitative estimate of drug-likeness (QED) is 0.793. The van der Waals surface area contributed by atoms with Crippen molar-refractivity contribution in [3.63, 3.8) is 0 Å². The molecule has 0 amide bonds. The summed E-state index contributed by atoms with van der Waals surface area (Å²) in [4.78, 5) is 11.6. The molecule has 1 aromatic carbocycles. The van der Waals surface area contributed by atoms with Gasteiger partial charge >= 0.3 is 5.97 Å². The van der Waals surface area contributed by atoms with Crippen LogP contribution in [-0.4, -0.2) is 24.2 Å². The molecule has 0 saturated heterocycles. The molecule has 104 valence electrons. The summed E-state index contributed by atoms with van der Waals surface area (Å²) in [7, 11) is 0. The Morgan fingerprint density at radius 3 is 2.53 bits per heavy atom. The fourth-order valence-electron chi connectivity index (χ4n) is 2.02. The first kappa shape index (κ1) is 13.9. The molecule has 1 aliphatic carbocycles. The lowest BCUT2D eigenvalue weighted by Gasteiger charge is -2.27. The first-order valence-corrected chi connectivity index (χ1v) is 6.78. The van der Waals surface area contributed by atoms with Crippen molar-refractivity contribution in [2.24, 2.45) is 5.92 Å². The molecular weight excluding hydrogens is 242 g/mol. The van der Waals surface area contributed by atoms with Crippen LogP contribution in [0.2, 0.25) is 0 Å². The third kappa shape index (κ3) is 3.26. The lowest BCUT2D eigenvalue weighted by Crippen LogP contribution is -2.47. The number of carbonyl (C=O) groups is 1. The molecule has 0 aromatic heterocycles. The number of carboxylic acids is 1. The van der Waals surface area contributed by atoms with Crippen molar-refractivity contribution in [3.05, 3.63) is 29.8 Å². The Morgan fingerprint density at radius 2 is 2.05 bits per heavy atom. The van der Waals surface area contributed by atoms with Crippen molar-refractivity contribution >= 4 is 5.97 Å². The van der Waals surface area contributed by atoms with Crippen molar-refractivity contribution in [3.8, 4) is 5.75 Å². The summed E-state index contributed by atoms with van der Waals surface area (Å²) < 4.78 is 5.37. The van der Waals surface area contributed by atoms with Crippen molar-refractivity contribution in [1.29, 1.82) is 0 Å². The number of ether oxygens (including phenoxy) is 1. The first-order chi connectivity index (χ1) is 9.06. The van der Waals surface area contributed by atoms with Gasteiger partial charge in [0.2, 0.25) is 0 Å². The van der Waals surface area contributed by atoms with Gasteiger partial charge in [-0.25, -0.2) is 4.79 Å². The van der Waals surface area contributed by atoms with Gasteiger partial charge in [-0.1, -0.05) is 12.1 Å². The summed E-state index contributed by atoms with van der Waals surface area (Å²) in [5, 5.41) is 12.7. The van der Waals surface area contributed by atoms with E-state index in [-0.39, 0.29) is 0 Å². The molecule has 0 heterocycles. The van der Waals surface area contributed by atoms with Gasteiger partial charge in [-0.05, 0) is 56.8 Å². The molecule has 0 aliphatic heterocycles. The molecule has 1 saturated carbocycles. The number of rotatable bonds is 7. The van der Waals surface area contributed by atoms with Gasteiger partial charge in [0.1, 0.15) is 11.3 Å². The van der Waals surface area contributed by atoms with E-state index in [0.717, 1.165) is 17.9 Å². The second-order valence-corrected chi connectivity index (χ2v) is 5.21. The second-order valence-electron chi connectivity index (χ2n) is 5.21. The maximum atomic E-state index is 11.6. The zero-order valence-corrected chi connectivity index (χ0v) is 11.5. The van der Waals surface area contributed by atoms with Gasteiger partial charge in [0.15, 0.2) is 0 Å². The Hall–Kier alpha value is -1.55. The predicted octanol–water partition coefficient (Wildman–Crippen LogP) is 2.38. The SMILES string of the molecule is CCOc1ccc(C(C)(NCC2CC2)C(=O)O)cc1. The van der Waals surface area contributed by atoms with Crippen LogP contribution < -0.4 is 10.1 Å². The Labute approximate surface area is 113 Å². The zero-order valence-electron chi connectivity index (χ0n) is 11.5. The number of carboxylic acid groups (broad SMARTS) is 1. The molecule has 19 heavy (non-hydrogen) atoms. The van der Waals surface area contributed by atoms with Gasteiger partial charge in [0.05, 0.1) is 6.61 Å². The van der Waals surface area contributed by atoms with Gasteiger partial charge < -0.3 is 9.84 Å². The van der Waals surface area contributed by atoms with Crippen molar-refractivity contribution in [2.75, 3.05) is 13.2 Å². The summed E-state index contributed by atoms with van der Waals surface area (Å²) >= 11 is 0. The minimum Gasteiger partial charge on any atom is -0.494 e. The molecule has 0 bridgehead atoms. The van der Waals surface area contributed by atoms with Crippen LogP contribution >= 0.6 is 0 Å². The monoisotopic (exact) mass is 263 g/mol. The second kappa shape index (κ2) is 5.61. The number of nitrogens with one attached hydrogen (secondary N) is 1. The largest absolute Gasteiger partial charge is 0.494 e. The normalized spacial score (nSPS) is 17.8. The van der Waals surface area contributed by atoms with Crippen molar-refractivity contribution in [2.45, 2.75) is 32.2 Å². The predicted molar refractivity (Wildman–Crippen MR) is 73.3 cm³/mol. The highest BCUT2D eigenvalue weighted by atomic mass is 16.5. The van der Waals surface area contributed by atoms with E-state index < -0.39 is 11.5 Å². The van der Waals surface area contributed by atoms with E-state index in [9.17, 15) is 9.90 Å². The van der Waals surface area contributed by atoms with E-state index in [4.69, 9.17) is 4.74 Å². The summed E-state index contributed by atoms with van der Waals surface area (Å²) in [6.45, 7) is 5.01. The van der Waals surface area contributed by atoms with Gasteiger partial charge in [-0.3, -0.25) is 5.32 Å². The Balaban J connectivity index is 2.14. The van der Waals surface area contributed by atoms with Crippen LogP contribution in [0.15, 0.2) is 24.3 Å². The maximum Gasteiger partial charge on any atom is 0.328 e. The number of aliphatic carboxylic acids is 1. The molecule has 1 unspecified atom stereocenters. The third-order valence-electron chi connectivity index (χ3n) is 3.61. The third-order valence-corrected chi connectivity index (χ3v) is 3.61. The van der Waals surface area contributed by atoms with E-state index in [0.29, 0.717) is 12.5 Å². The van der Waals surface area contributed by atoms with Gasteiger partial charge in [0.25, 0.3) is 0 Å². The molecule has 2 rings (SSSR count). The average molecular weight is 263 g/mol. The summed E-state index contributed by atoms with van der Waals surface area (Å²) in [6, 6.07) is 7.27. The molecule has 1 atom stereocenters. The lowest BCUT2D eigenvalue weighted by atomic mass is 9.92. The highest BCUT2D eigenvalue weighted by Gasteiger charge is 2.36. The van der Waals surface area contributed by atoms with Crippen LogP contribution in [0, 0.1) is 5.92 Å². The van der Waals surface area contributed by atoms with E-state index in [2.05, 4.69) is 5.32 Å². The van der Waals surface area contributed by atoms with E-state index in [1.807, 2.05) is 31.2 Å². The van der Waals surface area contributed by atoms with Crippen LogP contribution in [-0.2, 0) is 10.3 Å². The Kier molecular flexibility index (Phi) is 4.10.